The fourth-order valence-electron chi connectivity index (χ4n) is 3.10. The first-order valence-electron chi connectivity index (χ1n) is 9.32. The maximum absolute atomic E-state index is 12.9. The van der Waals surface area contributed by atoms with Crippen LogP contribution in [0.2, 0.25) is 0 Å². The van der Waals surface area contributed by atoms with Gasteiger partial charge in [-0.2, -0.15) is 0 Å². The van der Waals surface area contributed by atoms with Crippen LogP contribution in [0.25, 0.3) is 0 Å². The fourth-order valence-corrected chi connectivity index (χ4v) is 3.79. The molecule has 1 aliphatic heterocycles. The van der Waals surface area contributed by atoms with Crippen LogP contribution in [0.3, 0.4) is 0 Å². The van der Waals surface area contributed by atoms with Gasteiger partial charge in [0.15, 0.2) is 0 Å². The average molecular weight is 402 g/mol. The van der Waals surface area contributed by atoms with Crippen LogP contribution in [0.15, 0.2) is 42.5 Å². The molecule has 1 atom stereocenters. The van der Waals surface area contributed by atoms with Crippen molar-refractivity contribution in [1.82, 2.24) is 0 Å². The van der Waals surface area contributed by atoms with Crippen molar-refractivity contribution in [2.75, 3.05) is 34.4 Å². The lowest BCUT2D eigenvalue weighted by atomic mass is 10.1. The predicted octanol–water partition coefficient (Wildman–Crippen LogP) is 3.91. The molecule has 3 rings (SSSR count). The highest BCUT2D eigenvalue weighted by atomic mass is 32.2. The molecular weight excluding hydrogens is 377 g/mol. The number of benzene rings is 2. The Morgan fingerprint density at radius 3 is 2.57 bits per heavy atom. The third-order valence-corrected chi connectivity index (χ3v) is 5.83. The molecular formula is C21H24FN3O2S. The quantitative estimate of drug-likeness (QED) is 0.739. The Hall–Kier alpha value is -2.54. The first-order chi connectivity index (χ1) is 13.5. The van der Waals surface area contributed by atoms with Crippen LogP contribution in [-0.4, -0.2) is 35.9 Å². The van der Waals surface area contributed by atoms with E-state index in [-0.39, 0.29) is 28.6 Å². The normalized spacial score (nSPS) is 13.8. The number of anilines is 3. The van der Waals surface area contributed by atoms with Crippen LogP contribution in [0.1, 0.15) is 19.4 Å². The highest BCUT2D eigenvalue weighted by Gasteiger charge is 2.20. The molecule has 0 fully saturated rings. The first kappa shape index (κ1) is 20.2. The molecule has 0 saturated carbocycles. The lowest BCUT2D eigenvalue weighted by Crippen LogP contribution is -2.25. The van der Waals surface area contributed by atoms with Gasteiger partial charge < -0.3 is 15.5 Å². The van der Waals surface area contributed by atoms with Gasteiger partial charge in [0.25, 0.3) is 0 Å². The van der Waals surface area contributed by atoms with E-state index in [9.17, 15) is 14.0 Å². The van der Waals surface area contributed by atoms with Crippen LogP contribution >= 0.6 is 11.8 Å². The molecule has 1 heterocycles. The summed E-state index contributed by atoms with van der Waals surface area (Å²) in [4.78, 5) is 26.8. The summed E-state index contributed by atoms with van der Waals surface area (Å²) in [5.74, 6) is -0.584. The van der Waals surface area contributed by atoms with Gasteiger partial charge >= 0.3 is 0 Å². The Morgan fingerprint density at radius 1 is 1.14 bits per heavy atom. The van der Waals surface area contributed by atoms with E-state index in [1.165, 1.54) is 47.3 Å². The molecule has 0 aliphatic carbocycles. The number of halogens is 1. The molecule has 2 N–H and O–H groups in total. The summed E-state index contributed by atoms with van der Waals surface area (Å²) < 4.78 is 12.9. The van der Waals surface area contributed by atoms with E-state index in [4.69, 9.17) is 0 Å². The summed E-state index contributed by atoms with van der Waals surface area (Å²) in [6, 6.07) is 11.6. The molecule has 7 heteroatoms. The van der Waals surface area contributed by atoms with Crippen LogP contribution in [-0.2, 0) is 16.0 Å². The highest BCUT2D eigenvalue weighted by molar-refractivity contribution is 8.01. The van der Waals surface area contributed by atoms with Crippen molar-refractivity contribution < 1.29 is 14.0 Å². The van der Waals surface area contributed by atoms with E-state index in [1.54, 1.807) is 6.92 Å². The van der Waals surface area contributed by atoms with Crippen molar-refractivity contribution in [1.29, 1.82) is 0 Å². The number of amides is 2. The van der Waals surface area contributed by atoms with E-state index in [2.05, 4.69) is 28.5 Å². The number of rotatable bonds is 7. The Labute approximate surface area is 168 Å². The van der Waals surface area contributed by atoms with E-state index >= 15 is 0 Å². The van der Waals surface area contributed by atoms with Crippen molar-refractivity contribution in [3.8, 4) is 0 Å². The molecule has 5 nitrogen and oxygen atoms in total. The Kier molecular flexibility index (Phi) is 6.57. The number of nitrogens with one attached hydrogen (secondary N) is 2. The van der Waals surface area contributed by atoms with Crippen LogP contribution in [0.5, 0.6) is 0 Å². The van der Waals surface area contributed by atoms with E-state index in [1.807, 2.05) is 12.1 Å². The molecule has 2 amide bonds. The second-order valence-electron chi connectivity index (χ2n) is 6.67. The summed E-state index contributed by atoms with van der Waals surface area (Å²) in [6.07, 6.45) is 1.03. The van der Waals surface area contributed by atoms with Crippen LogP contribution in [0.4, 0.5) is 21.5 Å². The van der Waals surface area contributed by atoms with E-state index in [0.717, 1.165) is 25.2 Å². The van der Waals surface area contributed by atoms with Gasteiger partial charge in [0.1, 0.15) is 5.82 Å². The number of hydrogen-bond acceptors (Lipinski definition) is 4. The van der Waals surface area contributed by atoms with Crippen molar-refractivity contribution >= 4 is 40.6 Å². The van der Waals surface area contributed by atoms with Crippen LogP contribution in [0, 0.1) is 5.82 Å². The smallest absolute Gasteiger partial charge is 0.237 e. The molecule has 0 aromatic heterocycles. The Balaban J connectivity index is 1.49. The van der Waals surface area contributed by atoms with E-state index in [0.29, 0.717) is 5.69 Å². The number of nitrogens with zero attached hydrogens (tertiary/aromatic N) is 1. The minimum absolute atomic E-state index is 0.138. The molecule has 0 spiro atoms. The summed E-state index contributed by atoms with van der Waals surface area (Å²) in [5, 5.41) is 5.24. The molecule has 1 aliphatic rings. The zero-order valence-electron chi connectivity index (χ0n) is 16.0. The standard InChI is InChI=1S/C21H24FN3O2S/c1-3-25-11-10-15-4-7-18(12-19(15)25)24-21(27)14(2)28-13-20(26)23-17-8-5-16(22)6-9-17/h4-9,12,14H,3,10-11,13H2,1-2H3,(H,23,26)(H,24,27). The van der Waals surface area contributed by atoms with Crippen molar-refractivity contribution in [3.63, 3.8) is 0 Å². The molecule has 28 heavy (non-hydrogen) atoms. The molecule has 1 unspecified atom stereocenters. The topological polar surface area (TPSA) is 61.4 Å². The van der Waals surface area contributed by atoms with Gasteiger partial charge in [0.05, 0.1) is 11.0 Å². The molecule has 2 aromatic rings. The van der Waals surface area contributed by atoms with Gasteiger partial charge in [-0.1, -0.05) is 6.07 Å². The molecule has 0 bridgehead atoms. The van der Waals surface area contributed by atoms with Crippen molar-refractivity contribution in [2.45, 2.75) is 25.5 Å². The third-order valence-electron chi connectivity index (χ3n) is 4.69. The lowest BCUT2D eigenvalue weighted by Gasteiger charge is -2.18. The number of carbonyl (C=O) groups excluding carboxylic acids is 2. The number of carbonyl (C=O) groups is 2. The molecule has 0 saturated heterocycles. The van der Waals surface area contributed by atoms with Gasteiger partial charge in [-0.3, -0.25) is 9.59 Å². The average Bonchev–Trinajstić information content (AvgIpc) is 3.10. The van der Waals surface area contributed by atoms with Gasteiger partial charge in [0, 0.05) is 30.2 Å². The maximum atomic E-state index is 12.9. The zero-order chi connectivity index (χ0) is 20.1. The zero-order valence-corrected chi connectivity index (χ0v) is 16.8. The maximum Gasteiger partial charge on any atom is 0.237 e. The fraction of sp³-hybridized carbons (Fsp3) is 0.333. The largest absolute Gasteiger partial charge is 0.371 e. The lowest BCUT2D eigenvalue weighted by molar-refractivity contribution is -0.115. The Morgan fingerprint density at radius 2 is 1.86 bits per heavy atom. The molecule has 2 aromatic carbocycles. The van der Waals surface area contributed by atoms with Gasteiger partial charge in [-0.05, 0) is 62.2 Å². The summed E-state index contributed by atoms with van der Waals surface area (Å²) in [5.41, 5.74) is 3.79. The van der Waals surface area contributed by atoms with Crippen LogP contribution < -0.4 is 15.5 Å². The third kappa shape index (κ3) is 5.04. The monoisotopic (exact) mass is 401 g/mol. The number of fused-ring (bicyclic) bond motifs is 1. The summed E-state index contributed by atoms with van der Waals surface area (Å²) >= 11 is 1.26. The SMILES string of the molecule is CCN1CCc2ccc(NC(=O)C(C)SCC(=O)Nc3ccc(F)cc3)cc21. The summed E-state index contributed by atoms with van der Waals surface area (Å²) in [6.45, 7) is 5.85. The number of likely N-dealkylation sites (N-methyl/N-ethyl adjacent to an activating group) is 1. The number of hydrogen-bond donors (Lipinski definition) is 2. The highest BCUT2D eigenvalue weighted by Crippen LogP contribution is 2.30. The minimum Gasteiger partial charge on any atom is -0.371 e. The predicted molar refractivity (Wildman–Crippen MR) is 114 cm³/mol. The summed E-state index contributed by atoms with van der Waals surface area (Å²) in [7, 11) is 0. The van der Waals surface area contributed by atoms with Gasteiger partial charge in [0.2, 0.25) is 11.8 Å². The first-order valence-corrected chi connectivity index (χ1v) is 10.4. The van der Waals surface area contributed by atoms with Gasteiger partial charge in [-0.15, -0.1) is 11.8 Å². The molecule has 0 radical (unpaired) electrons. The van der Waals surface area contributed by atoms with Crippen molar-refractivity contribution in [2.24, 2.45) is 0 Å². The minimum atomic E-state index is -0.380. The Bertz CT molecular complexity index is 857. The van der Waals surface area contributed by atoms with Crippen molar-refractivity contribution in [3.05, 3.63) is 53.8 Å². The molecule has 148 valence electrons. The van der Waals surface area contributed by atoms with E-state index < -0.39 is 0 Å². The number of thioether (sulfide) groups is 1. The second kappa shape index (κ2) is 9.10. The second-order valence-corrected chi connectivity index (χ2v) is 8.00. The van der Waals surface area contributed by atoms with Gasteiger partial charge in [-0.25, -0.2) is 4.39 Å².